The third-order valence-electron chi connectivity index (χ3n) is 3.67. The summed E-state index contributed by atoms with van der Waals surface area (Å²) >= 11 is 0. The van der Waals surface area contributed by atoms with Gasteiger partial charge in [-0.05, 0) is 26.1 Å². The van der Waals surface area contributed by atoms with E-state index < -0.39 is 0 Å². The minimum atomic E-state index is -0.176. The first-order valence-corrected chi connectivity index (χ1v) is 7.38. The molecule has 0 bridgehead atoms. The highest BCUT2D eigenvalue weighted by Gasteiger charge is 2.18. The molecule has 0 radical (unpaired) electrons. The Balaban J connectivity index is 2.12. The van der Waals surface area contributed by atoms with E-state index in [-0.39, 0.29) is 5.82 Å². The van der Waals surface area contributed by atoms with Gasteiger partial charge in [-0.3, -0.25) is 0 Å². The van der Waals surface area contributed by atoms with E-state index >= 15 is 0 Å². The van der Waals surface area contributed by atoms with Crippen LogP contribution in [0.1, 0.15) is 25.8 Å². The Hall–Kier alpha value is -1.20. The van der Waals surface area contributed by atoms with E-state index in [2.05, 4.69) is 41.0 Å². The molecule has 0 unspecified atom stereocenters. The SMILES string of the molecule is CC(C)NCc1ccnc(N2CCCN(C)CC2)c1F. The number of nitrogens with zero attached hydrogens (tertiary/aromatic N) is 3. The molecule has 112 valence electrons. The Bertz CT molecular complexity index is 436. The average Bonchev–Trinajstić information content (AvgIpc) is 2.62. The van der Waals surface area contributed by atoms with E-state index in [1.807, 2.05) is 0 Å². The monoisotopic (exact) mass is 280 g/mol. The van der Waals surface area contributed by atoms with Crippen molar-refractivity contribution < 1.29 is 4.39 Å². The molecule has 0 amide bonds. The first kappa shape index (κ1) is 15.2. The number of aromatic nitrogens is 1. The minimum absolute atomic E-state index is 0.176. The maximum absolute atomic E-state index is 14.6. The fraction of sp³-hybridized carbons (Fsp3) is 0.667. The molecule has 1 saturated heterocycles. The van der Waals surface area contributed by atoms with Gasteiger partial charge in [-0.1, -0.05) is 13.8 Å². The maximum atomic E-state index is 14.6. The number of nitrogens with one attached hydrogen (secondary N) is 1. The molecule has 4 nitrogen and oxygen atoms in total. The molecule has 0 aromatic carbocycles. The van der Waals surface area contributed by atoms with Crippen molar-refractivity contribution >= 4 is 5.82 Å². The standard InChI is InChI=1S/C15H25FN4/c1-12(2)18-11-13-5-6-17-15(14(13)16)20-8-4-7-19(3)9-10-20/h5-6,12,18H,4,7-11H2,1-3H3. The van der Waals surface area contributed by atoms with Gasteiger partial charge in [-0.15, -0.1) is 0 Å². The second kappa shape index (κ2) is 6.99. The van der Waals surface area contributed by atoms with Crippen LogP contribution in [0.15, 0.2) is 12.3 Å². The van der Waals surface area contributed by atoms with Crippen LogP contribution in [0.4, 0.5) is 10.2 Å². The molecule has 0 atom stereocenters. The number of anilines is 1. The van der Waals surface area contributed by atoms with Gasteiger partial charge in [0.25, 0.3) is 0 Å². The minimum Gasteiger partial charge on any atom is -0.353 e. The van der Waals surface area contributed by atoms with E-state index in [4.69, 9.17) is 0 Å². The summed E-state index contributed by atoms with van der Waals surface area (Å²) in [4.78, 5) is 8.61. The summed E-state index contributed by atoms with van der Waals surface area (Å²) in [7, 11) is 2.11. The van der Waals surface area contributed by atoms with Gasteiger partial charge in [-0.25, -0.2) is 9.37 Å². The molecule has 0 saturated carbocycles. The van der Waals surface area contributed by atoms with Crippen LogP contribution in [-0.4, -0.2) is 49.2 Å². The number of pyridine rings is 1. The van der Waals surface area contributed by atoms with Gasteiger partial charge in [0.2, 0.25) is 0 Å². The Kier molecular flexibility index (Phi) is 5.31. The zero-order chi connectivity index (χ0) is 14.5. The van der Waals surface area contributed by atoms with Crippen LogP contribution in [0, 0.1) is 5.82 Å². The zero-order valence-corrected chi connectivity index (χ0v) is 12.7. The third kappa shape index (κ3) is 3.90. The van der Waals surface area contributed by atoms with Crippen molar-refractivity contribution in [3.8, 4) is 0 Å². The van der Waals surface area contributed by atoms with Crippen LogP contribution in [0.5, 0.6) is 0 Å². The first-order chi connectivity index (χ1) is 9.58. The van der Waals surface area contributed by atoms with Crippen molar-refractivity contribution in [3.05, 3.63) is 23.6 Å². The fourth-order valence-electron chi connectivity index (χ4n) is 2.40. The topological polar surface area (TPSA) is 31.4 Å². The van der Waals surface area contributed by atoms with Crippen LogP contribution >= 0.6 is 0 Å². The molecule has 2 rings (SSSR count). The Morgan fingerprint density at radius 1 is 1.30 bits per heavy atom. The molecule has 1 aromatic rings. The highest BCUT2D eigenvalue weighted by molar-refractivity contribution is 5.43. The average molecular weight is 280 g/mol. The van der Waals surface area contributed by atoms with Crippen molar-refractivity contribution in [2.24, 2.45) is 0 Å². The van der Waals surface area contributed by atoms with Gasteiger partial charge in [0.1, 0.15) is 0 Å². The summed E-state index contributed by atoms with van der Waals surface area (Å²) in [5, 5.41) is 3.26. The molecule has 1 N–H and O–H groups in total. The lowest BCUT2D eigenvalue weighted by molar-refractivity contribution is 0.360. The highest BCUT2D eigenvalue weighted by Crippen LogP contribution is 2.20. The number of hydrogen-bond donors (Lipinski definition) is 1. The van der Waals surface area contributed by atoms with Gasteiger partial charge in [-0.2, -0.15) is 0 Å². The smallest absolute Gasteiger partial charge is 0.170 e. The summed E-state index contributed by atoms with van der Waals surface area (Å²) < 4.78 is 14.6. The molecule has 0 aliphatic carbocycles. The zero-order valence-electron chi connectivity index (χ0n) is 12.7. The fourth-order valence-corrected chi connectivity index (χ4v) is 2.40. The maximum Gasteiger partial charge on any atom is 0.170 e. The van der Waals surface area contributed by atoms with E-state index in [1.165, 1.54) is 0 Å². The van der Waals surface area contributed by atoms with Gasteiger partial charge in [0.15, 0.2) is 11.6 Å². The van der Waals surface area contributed by atoms with Crippen molar-refractivity contribution in [3.63, 3.8) is 0 Å². The van der Waals surface area contributed by atoms with E-state index in [0.29, 0.717) is 24.0 Å². The van der Waals surface area contributed by atoms with Crippen LogP contribution < -0.4 is 10.2 Å². The van der Waals surface area contributed by atoms with Crippen molar-refractivity contribution in [2.45, 2.75) is 32.9 Å². The summed E-state index contributed by atoms with van der Waals surface area (Å²) in [6.07, 6.45) is 2.76. The van der Waals surface area contributed by atoms with Gasteiger partial charge in [0.05, 0.1) is 0 Å². The molecule has 1 fully saturated rings. The lowest BCUT2D eigenvalue weighted by atomic mass is 10.2. The quantitative estimate of drug-likeness (QED) is 0.912. The Labute approximate surface area is 121 Å². The molecule has 1 aromatic heterocycles. The lowest BCUT2D eigenvalue weighted by Gasteiger charge is -2.23. The molecule has 1 aliphatic rings. The lowest BCUT2D eigenvalue weighted by Crippen LogP contribution is -2.30. The summed E-state index contributed by atoms with van der Waals surface area (Å²) in [5.41, 5.74) is 0.696. The van der Waals surface area contributed by atoms with E-state index in [0.717, 1.165) is 32.6 Å². The summed E-state index contributed by atoms with van der Waals surface area (Å²) in [6.45, 7) is 8.39. The molecule has 2 heterocycles. The van der Waals surface area contributed by atoms with Crippen LogP contribution in [0.2, 0.25) is 0 Å². The van der Waals surface area contributed by atoms with Crippen molar-refractivity contribution in [1.82, 2.24) is 15.2 Å². The van der Waals surface area contributed by atoms with Gasteiger partial charge < -0.3 is 15.1 Å². The van der Waals surface area contributed by atoms with Crippen LogP contribution in [0.25, 0.3) is 0 Å². The summed E-state index contributed by atoms with van der Waals surface area (Å²) in [5.74, 6) is 0.327. The first-order valence-electron chi connectivity index (χ1n) is 7.38. The number of rotatable bonds is 4. The Morgan fingerprint density at radius 3 is 2.85 bits per heavy atom. The van der Waals surface area contributed by atoms with E-state index in [1.54, 1.807) is 12.3 Å². The second-order valence-corrected chi connectivity index (χ2v) is 5.79. The predicted molar refractivity (Wildman–Crippen MR) is 80.5 cm³/mol. The molecule has 0 spiro atoms. The molecular formula is C15H25FN4. The normalized spacial score (nSPS) is 17.6. The molecule has 5 heteroatoms. The third-order valence-corrected chi connectivity index (χ3v) is 3.67. The van der Waals surface area contributed by atoms with Crippen LogP contribution in [-0.2, 0) is 6.54 Å². The van der Waals surface area contributed by atoms with Crippen molar-refractivity contribution in [2.75, 3.05) is 38.1 Å². The largest absolute Gasteiger partial charge is 0.353 e. The number of halogens is 1. The van der Waals surface area contributed by atoms with Crippen molar-refractivity contribution in [1.29, 1.82) is 0 Å². The second-order valence-electron chi connectivity index (χ2n) is 5.79. The number of hydrogen-bond acceptors (Lipinski definition) is 4. The number of likely N-dealkylation sites (N-methyl/N-ethyl adjacent to an activating group) is 1. The summed E-state index contributed by atoms with van der Waals surface area (Å²) in [6, 6.07) is 2.11. The molecule has 20 heavy (non-hydrogen) atoms. The molecular weight excluding hydrogens is 255 g/mol. The predicted octanol–water partition coefficient (Wildman–Crippen LogP) is 1.86. The Morgan fingerprint density at radius 2 is 2.10 bits per heavy atom. The van der Waals surface area contributed by atoms with Gasteiger partial charge in [0, 0.05) is 44.0 Å². The highest BCUT2D eigenvalue weighted by atomic mass is 19.1. The van der Waals surface area contributed by atoms with Crippen LogP contribution in [0.3, 0.4) is 0 Å². The van der Waals surface area contributed by atoms with E-state index in [9.17, 15) is 4.39 Å². The van der Waals surface area contributed by atoms with Gasteiger partial charge >= 0.3 is 0 Å². The molecule has 1 aliphatic heterocycles.